The molecule has 1 saturated heterocycles. The highest BCUT2D eigenvalue weighted by Gasteiger charge is 2.52. The van der Waals surface area contributed by atoms with Gasteiger partial charge in [0.25, 0.3) is 5.91 Å². The minimum atomic E-state index is -5.93. The van der Waals surface area contributed by atoms with Gasteiger partial charge in [0.1, 0.15) is 0 Å². The van der Waals surface area contributed by atoms with E-state index in [-0.39, 0.29) is 43.6 Å². The number of benzene rings is 1. The number of hydrogen-bond donors (Lipinski definition) is 0. The van der Waals surface area contributed by atoms with Gasteiger partial charge in [-0.05, 0) is 18.2 Å². The predicted molar refractivity (Wildman–Crippen MR) is 107 cm³/mol. The number of halogens is 9. The molecule has 37 heavy (non-hydrogen) atoms. The van der Waals surface area contributed by atoms with Crippen LogP contribution in [0.3, 0.4) is 0 Å². The number of carbonyl (C=O) groups is 1. The van der Waals surface area contributed by atoms with E-state index in [2.05, 4.69) is 19.6 Å². The third-order valence-electron chi connectivity index (χ3n) is 5.57. The summed E-state index contributed by atoms with van der Waals surface area (Å²) in [6.45, 7) is -1.17. The monoisotopic (exact) mass is 539 g/mol. The van der Waals surface area contributed by atoms with Gasteiger partial charge in [-0.25, -0.2) is 0 Å². The maximum absolute atomic E-state index is 13.8. The van der Waals surface area contributed by atoms with Gasteiger partial charge in [-0.3, -0.25) is 9.78 Å². The summed E-state index contributed by atoms with van der Waals surface area (Å²) in [5.41, 5.74) is -8.28. The van der Waals surface area contributed by atoms with Gasteiger partial charge in [0.15, 0.2) is 0 Å². The van der Waals surface area contributed by atoms with Crippen LogP contribution in [0.15, 0.2) is 41.5 Å². The standard InChI is InChI=1S/C21H14F9N5O2/c22-19(23,24)13-1-2-14(16(21(28,29)30)15(13)20(25,26)27)34-3-5-35(6-4-34)18(36)12-7-11(8-31-9-12)17-32-10-37-33-17/h1-2,7-10H,3-6H2. The molecule has 16 heteroatoms. The largest absolute Gasteiger partial charge is 0.419 e. The van der Waals surface area contributed by atoms with Crippen LogP contribution in [0.4, 0.5) is 45.2 Å². The lowest BCUT2D eigenvalue weighted by atomic mass is 9.96. The highest BCUT2D eigenvalue weighted by atomic mass is 19.4. The predicted octanol–water partition coefficient (Wildman–Crippen LogP) is 5.15. The molecule has 4 rings (SSSR count). The fourth-order valence-electron chi connectivity index (χ4n) is 3.98. The number of aromatic nitrogens is 3. The Labute approximate surface area is 201 Å². The Balaban J connectivity index is 1.61. The third kappa shape index (κ3) is 5.32. The number of nitrogens with zero attached hydrogens (tertiary/aromatic N) is 5. The molecule has 1 aliphatic rings. The van der Waals surface area contributed by atoms with Crippen LogP contribution in [0.5, 0.6) is 0 Å². The Hall–Kier alpha value is -3.85. The van der Waals surface area contributed by atoms with Crippen molar-refractivity contribution in [3.8, 4) is 11.4 Å². The van der Waals surface area contributed by atoms with E-state index >= 15 is 0 Å². The first-order valence-electron chi connectivity index (χ1n) is 10.3. The number of rotatable bonds is 3. The molecule has 1 aliphatic heterocycles. The van der Waals surface area contributed by atoms with Gasteiger partial charge in [0.05, 0.1) is 22.3 Å². The van der Waals surface area contributed by atoms with Crippen molar-refractivity contribution in [1.82, 2.24) is 20.0 Å². The highest BCUT2D eigenvalue weighted by Crippen LogP contribution is 2.50. The molecular formula is C21H14F9N5O2. The van der Waals surface area contributed by atoms with Crippen molar-refractivity contribution in [2.75, 3.05) is 31.1 Å². The lowest BCUT2D eigenvalue weighted by Crippen LogP contribution is -2.49. The van der Waals surface area contributed by atoms with Crippen LogP contribution in [0.25, 0.3) is 11.4 Å². The summed E-state index contributed by atoms with van der Waals surface area (Å²) in [7, 11) is 0. The van der Waals surface area contributed by atoms with Gasteiger partial charge in [-0.1, -0.05) is 5.16 Å². The summed E-state index contributed by atoms with van der Waals surface area (Å²) >= 11 is 0. The molecule has 0 radical (unpaired) electrons. The molecule has 0 unspecified atom stereocenters. The third-order valence-corrected chi connectivity index (χ3v) is 5.57. The maximum Gasteiger partial charge on any atom is 0.419 e. The molecule has 0 N–H and O–H groups in total. The van der Waals surface area contributed by atoms with Crippen molar-refractivity contribution in [3.05, 3.63) is 59.2 Å². The van der Waals surface area contributed by atoms with Crippen LogP contribution in [-0.2, 0) is 18.5 Å². The van der Waals surface area contributed by atoms with Crippen molar-refractivity contribution in [1.29, 1.82) is 0 Å². The second kappa shape index (κ2) is 9.23. The smallest absolute Gasteiger partial charge is 0.367 e. The zero-order valence-electron chi connectivity index (χ0n) is 18.2. The number of amides is 1. The zero-order valence-corrected chi connectivity index (χ0v) is 18.2. The second-order valence-corrected chi connectivity index (χ2v) is 7.87. The molecule has 0 aliphatic carbocycles. The number of alkyl halides is 9. The molecule has 1 aromatic carbocycles. The number of carbonyl (C=O) groups excluding carboxylic acids is 1. The van der Waals surface area contributed by atoms with Crippen LogP contribution in [0.2, 0.25) is 0 Å². The molecule has 198 valence electrons. The Bertz CT molecular complexity index is 1280. The molecule has 3 heterocycles. The molecule has 0 bridgehead atoms. The Morgan fingerprint density at radius 1 is 0.838 bits per heavy atom. The van der Waals surface area contributed by atoms with Gasteiger partial charge in [0, 0.05) is 49.8 Å². The summed E-state index contributed by atoms with van der Waals surface area (Å²) < 4.78 is 126. The number of piperazine rings is 1. The van der Waals surface area contributed by atoms with Gasteiger partial charge in [0.2, 0.25) is 12.2 Å². The SMILES string of the molecule is O=C(c1cncc(-c2ncon2)c1)N1CCN(c2ccc(C(F)(F)F)c(C(F)(F)F)c2C(F)(F)F)CC1. The average molecular weight is 539 g/mol. The first-order chi connectivity index (χ1) is 17.2. The van der Waals surface area contributed by atoms with Crippen LogP contribution in [0.1, 0.15) is 27.0 Å². The zero-order chi connectivity index (χ0) is 27.2. The van der Waals surface area contributed by atoms with E-state index in [1.807, 2.05) is 0 Å². The topological polar surface area (TPSA) is 75.4 Å². The van der Waals surface area contributed by atoms with Crippen molar-refractivity contribution >= 4 is 11.6 Å². The molecule has 1 fully saturated rings. The van der Waals surface area contributed by atoms with Crippen LogP contribution >= 0.6 is 0 Å². The average Bonchev–Trinajstić information content (AvgIpc) is 3.36. The maximum atomic E-state index is 13.8. The summed E-state index contributed by atoms with van der Waals surface area (Å²) in [5, 5.41) is 3.62. The molecule has 1 amide bonds. The van der Waals surface area contributed by atoms with Gasteiger partial charge in [-0.2, -0.15) is 44.5 Å². The highest BCUT2D eigenvalue weighted by molar-refractivity contribution is 5.95. The van der Waals surface area contributed by atoms with E-state index in [0.29, 0.717) is 11.6 Å². The summed E-state index contributed by atoms with van der Waals surface area (Å²) in [6, 6.07) is 1.76. The van der Waals surface area contributed by atoms with Crippen molar-refractivity contribution in [2.24, 2.45) is 0 Å². The van der Waals surface area contributed by atoms with Crippen LogP contribution in [0, 0.1) is 0 Å². The van der Waals surface area contributed by atoms with Gasteiger partial charge >= 0.3 is 18.5 Å². The number of hydrogen-bond acceptors (Lipinski definition) is 6. The second-order valence-electron chi connectivity index (χ2n) is 7.87. The molecule has 7 nitrogen and oxygen atoms in total. The van der Waals surface area contributed by atoms with E-state index < -0.39 is 46.8 Å². The normalized spacial score (nSPS) is 15.3. The van der Waals surface area contributed by atoms with Crippen molar-refractivity contribution in [2.45, 2.75) is 18.5 Å². The summed E-state index contributed by atoms with van der Waals surface area (Å²) in [4.78, 5) is 22.7. The fraction of sp³-hybridized carbons (Fsp3) is 0.333. The fourth-order valence-corrected chi connectivity index (χ4v) is 3.98. The Kier molecular flexibility index (Phi) is 6.54. The van der Waals surface area contributed by atoms with E-state index in [1.165, 1.54) is 23.4 Å². The molecule has 0 spiro atoms. The lowest BCUT2D eigenvalue weighted by Gasteiger charge is -2.38. The Morgan fingerprint density at radius 2 is 1.49 bits per heavy atom. The van der Waals surface area contributed by atoms with E-state index in [9.17, 15) is 44.3 Å². The minimum Gasteiger partial charge on any atom is -0.367 e. The van der Waals surface area contributed by atoms with Crippen molar-refractivity contribution < 1.29 is 48.8 Å². The number of pyridine rings is 1. The first kappa shape index (κ1) is 26.2. The van der Waals surface area contributed by atoms with Gasteiger partial charge in [-0.15, -0.1) is 0 Å². The van der Waals surface area contributed by atoms with E-state index in [4.69, 9.17) is 0 Å². The quantitative estimate of drug-likeness (QED) is 0.429. The summed E-state index contributed by atoms with van der Waals surface area (Å²) in [6.07, 6.45) is -13.7. The first-order valence-corrected chi connectivity index (χ1v) is 10.3. The lowest BCUT2D eigenvalue weighted by molar-refractivity contribution is -0.174. The van der Waals surface area contributed by atoms with Crippen molar-refractivity contribution in [3.63, 3.8) is 0 Å². The van der Waals surface area contributed by atoms with Crippen LogP contribution in [-0.4, -0.2) is 52.1 Å². The molecular weight excluding hydrogens is 525 g/mol. The van der Waals surface area contributed by atoms with Crippen LogP contribution < -0.4 is 4.90 Å². The molecule has 0 atom stereocenters. The Morgan fingerprint density at radius 3 is 2.03 bits per heavy atom. The molecule has 2 aromatic heterocycles. The van der Waals surface area contributed by atoms with Gasteiger partial charge < -0.3 is 14.3 Å². The molecule has 0 saturated carbocycles. The molecule has 3 aromatic rings. The summed E-state index contributed by atoms with van der Waals surface area (Å²) in [5.74, 6) is -0.425. The van der Waals surface area contributed by atoms with E-state index in [1.54, 1.807) is 0 Å². The van der Waals surface area contributed by atoms with E-state index in [0.717, 1.165) is 11.3 Å². The number of anilines is 1. The minimum absolute atomic E-state index is 0.0139.